The van der Waals surface area contributed by atoms with Gasteiger partial charge in [-0.05, 0) is 31.5 Å². The molecule has 3 nitrogen and oxygen atoms in total. The van der Waals surface area contributed by atoms with E-state index in [1.54, 1.807) is 0 Å². The van der Waals surface area contributed by atoms with Crippen LogP contribution in [-0.2, 0) is 4.74 Å². The Morgan fingerprint density at radius 1 is 1.26 bits per heavy atom. The zero-order valence-electron chi connectivity index (χ0n) is 11.1. The number of ether oxygens (including phenoxy) is 1. The van der Waals surface area contributed by atoms with Crippen LogP contribution < -0.4 is 0 Å². The maximum atomic E-state index is 13.2. The average Bonchev–Trinajstić information content (AvgIpc) is 2.37. The molecule has 106 valence electrons. The lowest BCUT2D eigenvalue weighted by Gasteiger charge is -2.37. The number of nitrogens with zero attached hydrogens (tertiary/aromatic N) is 1. The lowest BCUT2D eigenvalue weighted by molar-refractivity contribution is -0.0962. The predicted molar refractivity (Wildman–Crippen MR) is 67.8 cm³/mol. The molecule has 0 aliphatic carbocycles. The number of aliphatic hydroxyl groups excluding tert-OH is 1. The van der Waals surface area contributed by atoms with Crippen molar-refractivity contribution < 1.29 is 18.6 Å². The maximum absolute atomic E-state index is 13.2. The van der Waals surface area contributed by atoms with Crippen LogP contribution in [0.25, 0.3) is 0 Å². The van der Waals surface area contributed by atoms with E-state index in [0.717, 1.165) is 24.7 Å². The van der Waals surface area contributed by atoms with Gasteiger partial charge in [0.2, 0.25) is 0 Å². The molecule has 1 aliphatic rings. The Balaban J connectivity index is 2.12. The molecular weight excluding hydrogens is 252 g/mol. The zero-order valence-corrected chi connectivity index (χ0v) is 11.1. The standard InChI is InChI=1S/C14H19F2NO2/c1-9(2)17-3-4-19-13(8-17)14(18)10-5-11(15)7-12(16)6-10/h5-7,9,13-14,18H,3-4,8H2,1-2H3. The molecule has 2 atom stereocenters. The second kappa shape index (κ2) is 5.94. The van der Waals surface area contributed by atoms with Crippen molar-refractivity contribution in [3.8, 4) is 0 Å². The van der Waals surface area contributed by atoms with Crippen LogP contribution >= 0.6 is 0 Å². The number of aliphatic hydroxyl groups is 1. The first-order valence-electron chi connectivity index (χ1n) is 6.47. The molecule has 1 N–H and O–H groups in total. The first-order valence-corrected chi connectivity index (χ1v) is 6.47. The van der Waals surface area contributed by atoms with Crippen molar-refractivity contribution in [2.45, 2.75) is 32.1 Å². The third-order valence-corrected chi connectivity index (χ3v) is 3.43. The van der Waals surface area contributed by atoms with Gasteiger partial charge in [0.05, 0.1) is 6.61 Å². The molecule has 0 radical (unpaired) electrons. The summed E-state index contributed by atoms with van der Waals surface area (Å²) in [6.45, 7) is 6.00. The number of halogens is 2. The molecule has 0 bridgehead atoms. The largest absolute Gasteiger partial charge is 0.386 e. The summed E-state index contributed by atoms with van der Waals surface area (Å²) in [4.78, 5) is 2.17. The fourth-order valence-electron chi connectivity index (χ4n) is 2.32. The van der Waals surface area contributed by atoms with E-state index in [-0.39, 0.29) is 5.56 Å². The van der Waals surface area contributed by atoms with Crippen LogP contribution in [0.5, 0.6) is 0 Å². The molecule has 0 amide bonds. The highest BCUT2D eigenvalue weighted by Gasteiger charge is 2.29. The minimum Gasteiger partial charge on any atom is -0.386 e. The Hall–Kier alpha value is -1.04. The van der Waals surface area contributed by atoms with Crippen molar-refractivity contribution >= 4 is 0 Å². The second-order valence-corrected chi connectivity index (χ2v) is 5.15. The third kappa shape index (κ3) is 3.49. The molecule has 0 spiro atoms. The molecule has 0 saturated carbocycles. The summed E-state index contributed by atoms with van der Waals surface area (Å²) in [6, 6.07) is 3.43. The smallest absolute Gasteiger partial charge is 0.126 e. The summed E-state index contributed by atoms with van der Waals surface area (Å²) in [5.41, 5.74) is 0.216. The summed E-state index contributed by atoms with van der Waals surface area (Å²) in [7, 11) is 0. The van der Waals surface area contributed by atoms with Crippen LogP contribution in [0.2, 0.25) is 0 Å². The van der Waals surface area contributed by atoms with Crippen molar-refractivity contribution in [1.82, 2.24) is 4.90 Å². The van der Waals surface area contributed by atoms with Gasteiger partial charge in [-0.25, -0.2) is 8.78 Å². The van der Waals surface area contributed by atoms with E-state index in [1.807, 2.05) is 0 Å². The van der Waals surface area contributed by atoms with E-state index in [1.165, 1.54) is 0 Å². The highest BCUT2D eigenvalue weighted by atomic mass is 19.1. The summed E-state index contributed by atoms with van der Waals surface area (Å²) < 4.78 is 31.8. The molecule has 5 heteroatoms. The fraction of sp³-hybridized carbons (Fsp3) is 0.571. The minimum absolute atomic E-state index is 0.216. The van der Waals surface area contributed by atoms with Gasteiger partial charge in [-0.3, -0.25) is 4.90 Å². The molecule has 0 aromatic heterocycles. The zero-order chi connectivity index (χ0) is 14.0. The first kappa shape index (κ1) is 14.4. The van der Waals surface area contributed by atoms with E-state index >= 15 is 0 Å². The summed E-state index contributed by atoms with van der Waals surface area (Å²) in [5, 5.41) is 10.2. The number of hydrogen-bond donors (Lipinski definition) is 1. The molecule has 1 fully saturated rings. The van der Waals surface area contributed by atoms with Gasteiger partial charge < -0.3 is 9.84 Å². The lowest BCUT2D eigenvalue weighted by Crippen LogP contribution is -2.47. The third-order valence-electron chi connectivity index (χ3n) is 3.43. The molecule has 1 aliphatic heterocycles. The molecule has 1 aromatic carbocycles. The van der Waals surface area contributed by atoms with Crippen LogP contribution in [0.3, 0.4) is 0 Å². The molecular formula is C14H19F2NO2. The number of benzene rings is 1. The molecule has 2 unspecified atom stereocenters. The van der Waals surface area contributed by atoms with Crippen LogP contribution in [0, 0.1) is 11.6 Å². The van der Waals surface area contributed by atoms with Crippen molar-refractivity contribution in [1.29, 1.82) is 0 Å². The Morgan fingerprint density at radius 2 is 1.89 bits per heavy atom. The van der Waals surface area contributed by atoms with Crippen molar-refractivity contribution in [3.05, 3.63) is 35.4 Å². The molecule has 1 aromatic rings. The van der Waals surface area contributed by atoms with Gasteiger partial charge in [0.15, 0.2) is 0 Å². The molecule has 19 heavy (non-hydrogen) atoms. The van der Waals surface area contributed by atoms with E-state index < -0.39 is 23.8 Å². The Bertz CT molecular complexity index is 419. The highest BCUT2D eigenvalue weighted by Crippen LogP contribution is 2.24. The van der Waals surface area contributed by atoms with Gasteiger partial charge in [-0.15, -0.1) is 0 Å². The van der Waals surface area contributed by atoms with E-state index in [2.05, 4.69) is 18.7 Å². The quantitative estimate of drug-likeness (QED) is 0.914. The number of rotatable bonds is 3. The second-order valence-electron chi connectivity index (χ2n) is 5.15. The summed E-state index contributed by atoms with van der Waals surface area (Å²) in [6.07, 6.45) is -1.48. The van der Waals surface area contributed by atoms with Gasteiger partial charge in [-0.2, -0.15) is 0 Å². The topological polar surface area (TPSA) is 32.7 Å². The van der Waals surface area contributed by atoms with Gasteiger partial charge in [0, 0.05) is 25.2 Å². The number of hydrogen-bond acceptors (Lipinski definition) is 3. The monoisotopic (exact) mass is 271 g/mol. The van der Waals surface area contributed by atoms with Gasteiger partial charge in [0.25, 0.3) is 0 Å². The van der Waals surface area contributed by atoms with Crippen molar-refractivity contribution in [2.24, 2.45) is 0 Å². The van der Waals surface area contributed by atoms with Crippen LogP contribution in [0.4, 0.5) is 8.78 Å². The average molecular weight is 271 g/mol. The number of morpholine rings is 1. The van der Waals surface area contributed by atoms with Crippen LogP contribution in [0.15, 0.2) is 18.2 Å². The first-order chi connectivity index (χ1) is 8.97. The lowest BCUT2D eigenvalue weighted by atomic mass is 10.0. The summed E-state index contributed by atoms with van der Waals surface area (Å²) >= 11 is 0. The van der Waals surface area contributed by atoms with Gasteiger partial charge in [0.1, 0.15) is 23.8 Å². The van der Waals surface area contributed by atoms with E-state index in [4.69, 9.17) is 4.74 Å². The molecule has 2 rings (SSSR count). The molecule has 1 saturated heterocycles. The normalized spacial score (nSPS) is 22.7. The Morgan fingerprint density at radius 3 is 2.47 bits per heavy atom. The summed E-state index contributed by atoms with van der Waals surface area (Å²) in [5.74, 6) is -1.38. The Kier molecular flexibility index (Phi) is 4.50. The van der Waals surface area contributed by atoms with E-state index in [9.17, 15) is 13.9 Å². The van der Waals surface area contributed by atoms with Gasteiger partial charge >= 0.3 is 0 Å². The predicted octanol–water partition coefficient (Wildman–Crippen LogP) is 2.11. The fourth-order valence-corrected chi connectivity index (χ4v) is 2.32. The molecule has 1 heterocycles. The van der Waals surface area contributed by atoms with Crippen LogP contribution in [-0.4, -0.2) is 41.8 Å². The van der Waals surface area contributed by atoms with Crippen molar-refractivity contribution in [2.75, 3.05) is 19.7 Å². The van der Waals surface area contributed by atoms with Crippen molar-refractivity contribution in [3.63, 3.8) is 0 Å². The minimum atomic E-state index is -1.02. The Labute approximate surface area is 111 Å². The van der Waals surface area contributed by atoms with Crippen LogP contribution in [0.1, 0.15) is 25.5 Å². The highest BCUT2D eigenvalue weighted by molar-refractivity contribution is 5.21. The SMILES string of the molecule is CC(C)N1CCOC(C(O)c2cc(F)cc(F)c2)C1. The maximum Gasteiger partial charge on any atom is 0.126 e. The van der Waals surface area contributed by atoms with E-state index in [0.29, 0.717) is 19.2 Å². The van der Waals surface area contributed by atoms with Gasteiger partial charge in [-0.1, -0.05) is 0 Å².